The Hall–Kier alpha value is -2.70. The van der Waals surface area contributed by atoms with E-state index < -0.39 is 0 Å². The number of aliphatic hydroxyl groups excluding tert-OH is 1. The van der Waals surface area contributed by atoms with Crippen LogP contribution in [0.4, 0.5) is 5.69 Å². The summed E-state index contributed by atoms with van der Waals surface area (Å²) >= 11 is 5.58. The first-order valence-corrected chi connectivity index (χ1v) is 10.1. The van der Waals surface area contributed by atoms with E-state index in [-0.39, 0.29) is 12.2 Å². The van der Waals surface area contributed by atoms with E-state index in [4.69, 9.17) is 12.2 Å². The Morgan fingerprint density at radius 2 is 1.79 bits per heavy atom. The van der Waals surface area contributed by atoms with E-state index >= 15 is 0 Å². The summed E-state index contributed by atoms with van der Waals surface area (Å²) in [5.41, 5.74) is 6.80. The van der Waals surface area contributed by atoms with Crippen molar-refractivity contribution in [3.8, 4) is 0 Å². The number of aromatic amines is 1. The summed E-state index contributed by atoms with van der Waals surface area (Å²) < 4.78 is 0. The third-order valence-corrected chi connectivity index (χ3v) is 5.54. The summed E-state index contributed by atoms with van der Waals surface area (Å²) in [6, 6.07) is 12.1. The van der Waals surface area contributed by atoms with Crippen molar-refractivity contribution in [2.45, 2.75) is 34.2 Å². The number of fused-ring (bicyclic) bond motifs is 1. The molecular weight excluding hydrogens is 382 g/mol. The SMILES string of the molecule is Cc1ccc(NC(=S)N(CCO)Cc2cc3cc(C)c(C)cc3[nH]c2=O)c(C)c1. The molecule has 5 nitrogen and oxygen atoms in total. The number of thiocarbonyl (C=S) groups is 1. The fraction of sp³-hybridized carbons (Fsp3) is 0.304. The van der Waals surface area contributed by atoms with E-state index in [1.807, 2.05) is 49.9 Å². The zero-order valence-electron chi connectivity index (χ0n) is 17.3. The maximum atomic E-state index is 12.6. The topological polar surface area (TPSA) is 68.4 Å². The van der Waals surface area contributed by atoms with Crippen molar-refractivity contribution < 1.29 is 5.11 Å². The number of aromatic nitrogens is 1. The molecule has 0 aliphatic rings. The zero-order valence-corrected chi connectivity index (χ0v) is 18.1. The van der Waals surface area contributed by atoms with Crippen LogP contribution >= 0.6 is 12.2 Å². The van der Waals surface area contributed by atoms with Gasteiger partial charge in [0.25, 0.3) is 5.56 Å². The molecule has 0 saturated carbocycles. The van der Waals surface area contributed by atoms with Crippen LogP contribution in [0.25, 0.3) is 10.9 Å². The molecular formula is C23H27N3O2S. The van der Waals surface area contributed by atoms with Crippen molar-refractivity contribution in [2.75, 3.05) is 18.5 Å². The van der Waals surface area contributed by atoms with Crippen LogP contribution in [0.3, 0.4) is 0 Å². The number of rotatable bonds is 5. The first-order valence-electron chi connectivity index (χ1n) is 9.65. The van der Waals surface area contributed by atoms with Gasteiger partial charge in [0, 0.05) is 23.3 Å². The van der Waals surface area contributed by atoms with E-state index in [9.17, 15) is 9.90 Å². The molecule has 0 atom stereocenters. The molecule has 1 heterocycles. The van der Waals surface area contributed by atoms with Gasteiger partial charge in [-0.3, -0.25) is 4.79 Å². The monoisotopic (exact) mass is 409 g/mol. The van der Waals surface area contributed by atoms with Crippen molar-refractivity contribution in [1.82, 2.24) is 9.88 Å². The highest BCUT2D eigenvalue weighted by Crippen LogP contribution is 2.19. The van der Waals surface area contributed by atoms with Crippen molar-refractivity contribution in [3.05, 3.63) is 74.6 Å². The van der Waals surface area contributed by atoms with Gasteiger partial charge < -0.3 is 20.3 Å². The lowest BCUT2D eigenvalue weighted by Gasteiger charge is -2.25. The van der Waals surface area contributed by atoms with Crippen molar-refractivity contribution in [1.29, 1.82) is 0 Å². The molecule has 0 spiro atoms. The molecule has 0 amide bonds. The van der Waals surface area contributed by atoms with E-state index in [0.717, 1.165) is 27.7 Å². The van der Waals surface area contributed by atoms with Crippen LogP contribution in [0.15, 0.2) is 41.2 Å². The Kier molecular flexibility index (Phi) is 6.35. The Morgan fingerprint density at radius 1 is 1.07 bits per heavy atom. The van der Waals surface area contributed by atoms with Gasteiger partial charge >= 0.3 is 0 Å². The normalized spacial score (nSPS) is 10.9. The van der Waals surface area contributed by atoms with Crippen LogP contribution < -0.4 is 10.9 Å². The summed E-state index contributed by atoms with van der Waals surface area (Å²) in [6.45, 7) is 8.74. The molecule has 3 rings (SSSR count). The van der Waals surface area contributed by atoms with Gasteiger partial charge in [-0.2, -0.15) is 0 Å². The Balaban J connectivity index is 1.87. The molecule has 0 aliphatic carbocycles. The molecule has 29 heavy (non-hydrogen) atoms. The fourth-order valence-corrected chi connectivity index (χ4v) is 3.63. The second-order valence-electron chi connectivity index (χ2n) is 7.54. The van der Waals surface area contributed by atoms with Crippen LogP contribution in [-0.2, 0) is 6.54 Å². The lowest BCUT2D eigenvalue weighted by atomic mass is 10.0. The molecule has 3 N–H and O–H groups in total. The average Bonchev–Trinajstić information content (AvgIpc) is 2.65. The van der Waals surface area contributed by atoms with Crippen LogP contribution in [0.5, 0.6) is 0 Å². The van der Waals surface area contributed by atoms with Gasteiger partial charge in [0.15, 0.2) is 5.11 Å². The van der Waals surface area contributed by atoms with Crippen LogP contribution in [0, 0.1) is 27.7 Å². The second kappa shape index (κ2) is 8.76. The van der Waals surface area contributed by atoms with Gasteiger partial charge in [-0.1, -0.05) is 17.7 Å². The molecule has 2 aromatic carbocycles. The van der Waals surface area contributed by atoms with Gasteiger partial charge in [0.1, 0.15) is 0 Å². The van der Waals surface area contributed by atoms with E-state index in [1.165, 1.54) is 11.1 Å². The maximum Gasteiger partial charge on any atom is 0.253 e. The molecule has 0 aliphatic heterocycles. The van der Waals surface area contributed by atoms with Gasteiger partial charge in [0.05, 0.1) is 13.2 Å². The third kappa shape index (κ3) is 4.83. The number of aliphatic hydroxyl groups is 1. The Bertz CT molecular complexity index is 1120. The second-order valence-corrected chi connectivity index (χ2v) is 7.93. The third-order valence-electron chi connectivity index (χ3n) is 5.18. The van der Waals surface area contributed by atoms with Crippen molar-refractivity contribution in [2.24, 2.45) is 0 Å². The first-order chi connectivity index (χ1) is 13.8. The molecule has 3 aromatic rings. The molecule has 0 saturated heterocycles. The first kappa shape index (κ1) is 21.0. The van der Waals surface area contributed by atoms with Crippen molar-refractivity contribution >= 4 is 33.9 Å². The maximum absolute atomic E-state index is 12.6. The summed E-state index contributed by atoms with van der Waals surface area (Å²) in [6.07, 6.45) is 0. The van der Waals surface area contributed by atoms with Crippen LogP contribution in [0.1, 0.15) is 27.8 Å². The van der Waals surface area contributed by atoms with Gasteiger partial charge in [-0.15, -0.1) is 0 Å². The molecule has 1 aromatic heterocycles. The molecule has 152 valence electrons. The summed E-state index contributed by atoms with van der Waals surface area (Å²) in [4.78, 5) is 17.4. The van der Waals surface area contributed by atoms with E-state index in [0.29, 0.717) is 23.8 Å². The van der Waals surface area contributed by atoms with Gasteiger partial charge in [-0.05, 0) is 86.3 Å². The predicted molar refractivity (Wildman–Crippen MR) is 124 cm³/mol. The fourth-order valence-electron chi connectivity index (χ4n) is 3.37. The lowest BCUT2D eigenvalue weighted by Crippen LogP contribution is -2.38. The molecule has 0 bridgehead atoms. The Morgan fingerprint density at radius 3 is 2.48 bits per heavy atom. The summed E-state index contributed by atoms with van der Waals surface area (Å²) in [5.74, 6) is 0. The minimum absolute atomic E-state index is 0.0571. The standard InChI is InChI=1S/C23H27N3O2S/c1-14-5-6-20(17(4)9-14)25-23(29)26(7-8-27)13-19-12-18-10-15(2)16(3)11-21(18)24-22(19)28/h5-6,9-12,27H,7-8,13H2,1-4H3,(H,24,28)(H,25,29). The zero-order chi connectivity index (χ0) is 21.1. The number of hydrogen-bond acceptors (Lipinski definition) is 3. The molecule has 0 unspecified atom stereocenters. The van der Waals surface area contributed by atoms with Crippen LogP contribution in [0.2, 0.25) is 0 Å². The molecule has 0 fully saturated rings. The van der Waals surface area contributed by atoms with Gasteiger partial charge in [-0.25, -0.2) is 0 Å². The number of aryl methyl sites for hydroxylation is 4. The smallest absolute Gasteiger partial charge is 0.253 e. The number of hydrogen-bond donors (Lipinski definition) is 3. The van der Waals surface area contributed by atoms with E-state index in [1.54, 1.807) is 0 Å². The van der Waals surface area contributed by atoms with Crippen LogP contribution in [-0.4, -0.2) is 33.3 Å². The van der Waals surface area contributed by atoms with Gasteiger partial charge in [0.2, 0.25) is 0 Å². The number of pyridine rings is 1. The predicted octanol–water partition coefficient (Wildman–Crippen LogP) is 3.95. The minimum Gasteiger partial charge on any atom is -0.395 e. The summed E-state index contributed by atoms with van der Waals surface area (Å²) in [5, 5.41) is 14.2. The minimum atomic E-state index is -0.141. The van der Waals surface area contributed by atoms with Crippen molar-refractivity contribution in [3.63, 3.8) is 0 Å². The number of H-pyrrole nitrogens is 1. The lowest BCUT2D eigenvalue weighted by molar-refractivity contribution is 0.248. The van der Waals surface area contributed by atoms with E-state index in [2.05, 4.69) is 29.4 Å². The highest BCUT2D eigenvalue weighted by atomic mass is 32.1. The largest absolute Gasteiger partial charge is 0.395 e. The number of nitrogens with one attached hydrogen (secondary N) is 2. The quantitative estimate of drug-likeness (QED) is 0.557. The number of anilines is 1. The molecule has 6 heteroatoms. The summed E-state index contributed by atoms with van der Waals surface area (Å²) in [7, 11) is 0. The number of nitrogens with zero attached hydrogens (tertiary/aromatic N) is 1. The highest BCUT2D eigenvalue weighted by molar-refractivity contribution is 7.80. The average molecular weight is 410 g/mol. The Labute approximate surface area is 176 Å². The number of benzene rings is 2. The highest BCUT2D eigenvalue weighted by Gasteiger charge is 2.14. The molecule has 0 radical (unpaired) electrons.